The number of hydrogen-bond acceptors (Lipinski definition) is 6. The normalized spacial score (nSPS) is 11.4. The molecular formula is C14H15F3N4O3S. The minimum Gasteiger partial charge on any atom is -0.406 e. The summed E-state index contributed by atoms with van der Waals surface area (Å²) in [6.45, 7) is 1.64. The van der Waals surface area contributed by atoms with Gasteiger partial charge in [-0.1, -0.05) is 11.3 Å². The number of thiazole rings is 1. The molecule has 3 N–H and O–H groups in total. The van der Waals surface area contributed by atoms with Gasteiger partial charge in [0.2, 0.25) is 11.8 Å². The molecule has 7 nitrogen and oxygen atoms in total. The average Bonchev–Trinajstić information content (AvgIpc) is 2.91. The van der Waals surface area contributed by atoms with Crippen molar-refractivity contribution in [1.82, 2.24) is 9.88 Å². The maximum Gasteiger partial charge on any atom is 0.573 e. The monoisotopic (exact) mass is 376 g/mol. The molecule has 11 heteroatoms. The van der Waals surface area contributed by atoms with Crippen LogP contribution in [0.4, 0.5) is 18.3 Å². The second-order valence-electron chi connectivity index (χ2n) is 4.86. The molecule has 1 aromatic carbocycles. The molecule has 25 heavy (non-hydrogen) atoms. The van der Waals surface area contributed by atoms with Crippen LogP contribution in [0.25, 0.3) is 10.2 Å². The van der Waals surface area contributed by atoms with E-state index in [0.29, 0.717) is 16.8 Å². The van der Waals surface area contributed by atoms with Crippen molar-refractivity contribution in [2.24, 2.45) is 5.73 Å². The Morgan fingerprint density at radius 2 is 2.12 bits per heavy atom. The molecule has 0 unspecified atom stereocenters. The predicted octanol–water partition coefficient (Wildman–Crippen LogP) is 1.94. The number of hydrogen-bond donors (Lipinski definition) is 2. The number of likely N-dealkylation sites (N-methyl/N-ethyl adjacent to an activating group) is 1. The number of rotatable bonds is 6. The fourth-order valence-corrected chi connectivity index (χ4v) is 2.90. The van der Waals surface area contributed by atoms with Crippen molar-refractivity contribution in [3.63, 3.8) is 0 Å². The number of carbonyl (C=O) groups excluding carboxylic acids is 2. The van der Waals surface area contributed by atoms with Crippen LogP contribution in [0.15, 0.2) is 18.2 Å². The Labute approximate surface area is 144 Å². The van der Waals surface area contributed by atoms with Gasteiger partial charge in [0.1, 0.15) is 5.75 Å². The number of amides is 2. The van der Waals surface area contributed by atoms with Crippen LogP contribution in [-0.2, 0) is 9.59 Å². The van der Waals surface area contributed by atoms with Crippen LogP contribution in [0.3, 0.4) is 0 Å². The van der Waals surface area contributed by atoms with E-state index in [9.17, 15) is 22.8 Å². The first-order valence-corrected chi connectivity index (χ1v) is 7.97. The summed E-state index contributed by atoms with van der Waals surface area (Å²) in [5.74, 6) is -1.21. The van der Waals surface area contributed by atoms with E-state index in [1.165, 1.54) is 17.0 Å². The summed E-state index contributed by atoms with van der Waals surface area (Å²) in [6.07, 6.45) is -4.78. The fraction of sp³-hybridized carbons (Fsp3) is 0.357. The van der Waals surface area contributed by atoms with E-state index < -0.39 is 12.3 Å². The second kappa shape index (κ2) is 7.66. The molecule has 1 aromatic heterocycles. The molecule has 0 fully saturated rings. The van der Waals surface area contributed by atoms with Gasteiger partial charge in [-0.3, -0.25) is 9.59 Å². The van der Waals surface area contributed by atoms with Crippen molar-refractivity contribution >= 4 is 38.5 Å². The summed E-state index contributed by atoms with van der Waals surface area (Å²) in [6, 6.07) is 3.69. The van der Waals surface area contributed by atoms with Gasteiger partial charge >= 0.3 is 6.36 Å². The molecule has 0 aliphatic rings. The standard InChI is InChI=1S/C14H15F3N4O3S/c1-2-21(12(23)6-18)7-11(22)20-13-19-9-4-3-8(5-10(9)25-13)24-14(15,16)17/h3-5H,2,6-7,18H2,1H3,(H,19,20,22). The van der Waals surface area contributed by atoms with E-state index in [0.717, 1.165) is 17.4 Å². The molecule has 0 saturated carbocycles. The van der Waals surface area contributed by atoms with Gasteiger partial charge in [-0.05, 0) is 19.1 Å². The first-order valence-electron chi connectivity index (χ1n) is 7.16. The Hall–Kier alpha value is -2.40. The molecule has 0 bridgehead atoms. The first-order chi connectivity index (χ1) is 11.7. The fourth-order valence-electron chi connectivity index (χ4n) is 1.99. The highest BCUT2D eigenvalue weighted by Gasteiger charge is 2.31. The van der Waals surface area contributed by atoms with Crippen LogP contribution in [-0.4, -0.2) is 47.7 Å². The second-order valence-corrected chi connectivity index (χ2v) is 5.89. The maximum atomic E-state index is 12.2. The number of nitrogens with one attached hydrogen (secondary N) is 1. The van der Waals surface area contributed by atoms with Crippen LogP contribution in [0, 0.1) is 0 Å². The lowest BCUT2D eigenvalue weighted by molar-refractivity contribution is -0.274. The highest BCUT2D eigenvalue weighted by Crippen LogP contribution is 2.31. The van der Waals surface area contributed by atoms with Crippen LogP contribution in [0.1, 0.15) is 6.92 Å². The van der Waals surface area contributed by atoms with E-state index in [2.05, 4.69) is 15.0 Å². The van der Waals surface area contributed by atoms with Crippen molar-refractivity contribution < 1.29 is 27.5 Å². The molecule has 0 spiro atoms. The number of anilines is 1. The zero-order valence-corrected chi connectivity index (χ0v) is 13.9. The number of nitrogens with two attached hydrogens (primary N) is 1. The van der Waals surface area contributed by atoms with E-state index >= 15 is 0 Å². The van der Waals surface area contributed by atoms with Crippen molar-refractivity contribution in [1.29, 1.82) is 0 Å². The van der Waals surface area contributed by atoms with Crippen molar-refractivity contribution in [2.45, 2.75) is 13.3 Å². The third-order valence-electron chi connectivity index (χ3n) is 3.08. The Kier molecular flexibility index (Phi) is 5.80. The van der Waals surface area contributed by atoms with Crippen LogP contribution >= 0.6 is 11.3 Å². The molecular weight excluding hydrogens is 361 g/mol. The summed E-state index contributed by atoms with van der Waals surface area (Å²) in [5, 5.41) is 2.72. The number of aromatic nitrogens is 1. The third-order valence-corrected chi connectivity index (χ3v) is 4.02. The lowest BCUT2D eigenvalue weighted by Crippen LogP contribution is -2.41. The molecule has 0 aliphatic carbocycles. The smallest absolute Gasteiger partial charge is 0.406 e. The van der Waals surface area contributed by atoms with Crippen molar-refractivity contribution in [3.05, 3.63) is 18.2 Å². The van der Waals surface area contributed by atoms with Gasteiger partial charge in [-0.15, -0.1) is 13.2 Å². The number of carbonyl (C=O) groups is 2. The molecule has 136 valence electrons. The van der Waals surface area contributed by atoms with Gasteiger partial charge in [-0.2, -0.15) is 0 Å². The van der Waals surface area contributed by atoms with Gasteiger partial charge in [0.05, 0.1) is 23.3 Å². The molecule has 2 aromatic rings. The lowest BCUT2D eigenvalue weighted by atomic mass is 10.3. The Bertz CT molecular complexity index is 778. The molecule has 0 saturated heterocycles. The maximum absolute atomic E-state index is 12.2. The molecule has 0 radical (unpaired) electrons. The minimum atomic E-state index is -4.78. The SMILES string of the molecule is CCN(CC(=O)Nc1nc2ccc(OC(F)(F)F)cc2s1)C(=O)CN. The van der Waals surface area contributed by atoms with Crippen LogP contribution < -0.4 is 15.8 Å². The number of benzene rings is 1. The molecule has 1 heterocycles. The summed E-state index contributed by atoms with van der Waals surface area (Å²) in [7, 11) is 0. The van der Waals surface area contributed by atoms with Gasteiger partial charge < -0.3 is 20.7 Å². The minimum absolute atomic E-state index is 0.190. The number of halogens is 3. The van der Waals surface area contributed by atoms with E-state index in [4.69, 9.17) is 5.73 Å². The molecule has 0 atom stereocenters. The molecule has 2 amide bonds. The predicted molar refractivity (Wildman–Crippen MR) is 86.2 cm³/mol. The lowest BCUT2D eigenvalue weighted by Gasteiger charge is -2.18. The largest absolute Gasteiger partial charge is 0.573 e. The zero-order valence-electron chi connectivity index (χ0n) is 13.1. The van der Waals surface area contributed by atoms with Gasteiger partial charge in [0.15, 0.2) is 5.13 Å². The van der Waals surface area contributed by atoms with Crippen LogP contribution in [0.2, 0.25) is 0 Å². The summed E-state index contributed by atoms with van der Waals surface area (Å²) < 4.78 is 41.0. The number of fused-ring (bicyclic) bond motifs is 1. The molecule has 0 aliphatic heterocycles. The quantitative estimate of drug-likeness (QED) is 0.803. The average molecular weight is 376 g/mol. The number of nitrogens with zero attached hydrogens (tertiary/aromatic N) is 2. The van der Waals surface area contributed by atoms with Gasteiger partial charge in [0, 0.05) is 12.6 Å². The highest BCUT2D eigenvalue weighted by molar-refractivity contribution is 7.22. The van der Waals surface area contributed by atoms with E-state index in [1.807, 2.05) is 0 Å². The van der Waals surface area contributed by atoms with E-state index in [1.54, 1.807) is 6.92 Å². The zero-order chi connectivity index (χ0) is 18.6. The first kappa shape index (κ1) is 18.9. The highest BCUT2D eigenvalue weighted by atomic mass is 32.1. The topological polar surface area (TPSA) is 97.5 Å². The summed E-state index contributed by atoms with van der Waals surface area (Å²) >= 11 is 0.996. The van der Waals surface area contributed by atoms with E-state index in [-0.39, 0.29) is 29.9 Å². The summed E-state index contributed by atoms with van der Waals surface area (Å²) in [4.78, 5) is 28.9. The van der Waals surface area contributed by atoms with Crippen molar-refractivity contribution in [3.8, 4) is 5.75 Å². The number of ether oxygens (including phenoxy) is 1. The third kappa shape index (κ3) is 5.29. The summed E-state index contributed by atoms with van der Waals surface area (Å²) in [5.41, 5.74) is 5.68. The Morgan fingerprint density at radius 1 is 1.40 bits per heavy atom. The Balaban J connectivity index is 2.08. The Morgan fingerprint density at radius 3 is 2.72 bits per heavy atom. The molecule has 2 rings (SSSR count). The van der Waals surface area contributed by atoms with Crippen molar-refractivity contribution in [2.75, 3.05) is 25.0 Å². The van der Waals surface area contributed by atoms with Crippen LogP contribution in [0.5, 0.6) is 5.75 Å². The van der Waals surface area contributed by atoms with Gasteiger partial charge in [0.25, 0.3) is 0 Å². The number of alkyl halides is 3. The van der Waals surface area contributed by atoms with Gasteiger partial charge in [-0.25, -0.2) is 4.98 Å².